The van der Waals surface area contributed by atoms with Gasteiger partial charge in [0.15, 0.2) is 0 Å². The molecule has 0 unspecified atom stereocenters. The molecule has 2 aliphatic rings. The van der Waals surface area contributed by atoms with Gasteiger partial charge >= 0.3 is 12.1 Å². The minimum atomic E-state index is -1.00. The molecular formula is C20H23N3O5. The second kappa shape index (κ2) is 6.87. The third-order valence-corrected chi connectivity index (χ3v) is 5.21. The number of H-pyrrole nitrogens is 1. The fourth-order valence-corrected chi connectivity index (χ4v) is 3.79. The Hall–Kier alpha value is -3.00. The van der Waals surface area contributed by atoms with Crippen molar-refractivity contribution in [3.8, 4) is 5.75 Å². The summed E-state index contributed by atoms with van der Waals surface area (Å²) in [5.74, 6) is -0.573. The second-order valence-electron chi connectivity index (χ2n) is 7.68. The molecule has 0 saturated carbocycles. The molecule has 148 valence electrons. The molecule has 0 aliphatic carbocycles. The highest BCUT2D eigenvalue weighted by atomic mass is 16.6. The van der Waals surface area contributed by atoms with Crippen molar-refractivity contribution in [2.45, 2.75) is 19.3 Å². The minimum Gasteiger partial charge on any atom is -0.478 e. The van der Waals surface area contributed by atoms with Gasteiger partial charge in [-0.1, -0.05) is 13.8 Å². The minimum absolute atomic E-state index is 0.184. The molecule has 1 amide bonds. The number of aromatic nitrogens is 1. The number of nitrogens with one attached hydrogen (secondary N) is 2. The van der Waals surface area contributed by atoms with E-state index < -0.39 is 12.1 Å². The van der Waals surface area contributed by atoms with E-state index in [0.29, 0.717) is 44.3 Å². The summed E-state index contributed by atoms with van der Waals surface area (Å²) in [6, 6.07) is 5.33. The van der Waals surface area contributed by atoms with Crippen LogP contribution in [-0.4, -0.2) is 59.9 Å². The number of carboxylic acids is 1. The Bertz CT molecular complexity index is 970. The highest BCUT2D eigenvalue weighted by Gasteiger charge is 2.33. The molecule has 8 heteroatoms. The monoisotopic (exact) mass is 385 g/mol. The van der Waals surface area contributed by atoms with Gasteiger partial charge in [-0.25, -0.2) is 9.59 Å². The van der Waals surface area contributed by atoms with E-state index in [0.717, 1.165) is 16.5 Å². The molecule has 3 heterocycles. The molecule has 1 saturated heterocycles. The molecule has 0 spiro atoms. The number of carbonyl (C=O) groups excluding carboxylic acids is 1. The van der Waals surface area contributed by atoms with E-state index in [4.69, 9.17) is 9.47 Å². The summed E-state index contributed by atoms with van der Waals surface area (Å²) in [6.07, 6.45) is 1.13. The number of benzene rings is 1. The van der Waals surface area contributed by atoms with Gasteiger partial charge in [-0.05, 0) is 23.8 Å². The van der Waals surface area contributed by atoms with E-state index in [1.54, 1.807) is 17.0 Å². The molecule has 0 radical (unpaired) electrons. The van der Waals surface area contributed by atoms with Gasteiger partial charge in [0.05, 0.1) is 24.5 Å². The Morgan fingerprint density at radius 3 is 2.71 bits per heavy atom. The van der Waals surface area contributed by atoms with Crippen LogP contribution in [0, 0.1) is 0 Å². The number of aromatic amines is 1. The van der Waals surface area contributed by atoms with Crippen molar-refractivity contribution in [3.63, 3.8) is 0 Å². The molecule has 8 nitrogen and oxygen atoms in total. The highest BCUT2D eigenvalue weighted by Crippen LogP contribution is 2.39. The molecule has 1 aromatic heterocycles. The lowest BCUT2D eigenvalue weighted by atomic mass is 9.82. The van der Waals surface area contributed by atoms with E-state index in [-0.39, 0.29) is 11.0 Å². The van der Waals surface area contributed by atoms with Crippen molar-refractivity contribution in [2.24, 2.45) is 0 Å². The van der Waals surface area contributed by atoms with E-state index in [1.807, 2.05) is 6.07 Å². The number of rotatable bonds is 2. The van der Waals surface area contributed by atoms with Crippen LogP contribution in [0.2, 0.25) is 0 Å². The summed E-state index contributed by atoms with van der Waals surface area (Å²) in [7, 11) is 0. The zero-order chi connectivity index (χ0) is 19.9. The Balaban J connectivity index is 1.74. The van der Waals surface area contributed by atoms with Gasteiger partial charge in [-0.2, -0.15) is 0 Å². The maximum atomic E-state index is 12.4. The number of amides is 1. The van der Waals surface area contributed by atoms with Crippen LogP contribution in [0.15, 0.2) is 24.4 Å². The molecule has 2 aromatic rings. The van der Waals surface area contributed by atoms with Gasteiger partial charge in [0, 0.05) is 42.2 Å². The van der Waals surface area contributed by atoms with Gasteiger partial charge in [-0.3, -0.25) is 0 Å². The number of carbonyl (C=O) groups is 2. The van der Waals surface area contributed by atoms with Crippen LogP contribution in [0.1, 0.15) is 25.1 Å². The van der Waals surface area contributed by atoms with Gasteiger partial charge in [-0.15, -0.1) is 0 Å². The van der Waals surface area contributed by atoms with E-state index in [2.05, 4.69) is 24.1 Å². The van der Waals surface area contributed by atoms with E-state index in [9.17, 15) is 14.7 Å². The number of morpholine rings is 1. The van der Waals surface area contributed by atoms with Gasteiger partial charge in [0.2, 0.25) is 0 Å². The zero-order valence-corrected chi connectivity index (χ0v) is 15.9. The molecule has 2 aliphatic heterocycles. The predicted octanol–water partition coefficient (Wildman–Crippen LogP) is 2.31. The standard InChI is InChI=1S/C20H23N3O5/c1-20(2)11-21-10-14(18(24)25)17-16(20)13-9-12(3-4-15(13)22-17)28-19(26)23-5-7-27-8-6-23/h3-4,9-10,21-22H,5-8,11H2,1-2H3,(H,24,25). The largest absolute Gasteiger partial charge is 0.478 e. The summed E-state index contributed by atoms with van der Waals surface area (Å²) in [5, 5.41) is 13.5. The first kappa shape index (κ1) is 18.4. The maximum Gasteiger partial charge on any atom is 0.415 e. The summed E-state index contributed by atoms with van der Waals surface area (Å²) < 4.78 is 10.8. The average molecular weight is 385 g/mol. The Morgan fingerprint density at radius 1 is 1.25 bits per heavy atom. The van der Waals surface area contributed by atoms with Crippen LogP contribution in [0.25, 0.3) is 16.5 Å². The van der Waals surface area contributed by atoms with Crippen molar-refractivity contribution in [1.29, 1.82) is 0 Å². The first-order chi connectivity index (χ1) is 13.4. The molecule has 3 N–H and O–H groups in total. The first-order valence-electron chi connectivity index (χ1n) is 9.25. The second-order valence-corrected chi connectivity index (χ2v) is 7.68. The summed E-state index contributed by atoms with van der Waals surface area (Å²) >= 11 is 0. The molecule has 4 rings (SSSR count). The fourth-order valence-electron chi connectivity index (χ4n) is 3.79. The summed E-state index contributed by atoms with van der Waals surface area (Å²) in [6.45, 7) is 6.71. The summed E-state index contributed by atoms with van der Waals surface area (Å²) in [4.78, 5) is 29.0. The van der Waals surface area contributed by atoms with Crippen molar-refractivity contribution in [1.82, 2.24) is 15.2 Å². The van der Waals surface area contributed by atoms with Crippen molar-refractivity contribution < 1.29 is 24.2 Å². The van der Waals surface area contributed by atoms with E-state index >= 15 is 0 Å². The number of carboxylic acid groups (broad SMARTS) is 1. The normalized spacial score (nSPS) is 18.6. The molecule has 1 aromatic carbocycles. The third-order valence-electron chi connectivity index (χ3n) is 5.21. The lowest BCUT2D eigenvalue weighted by Crippen LogP contribution is -2.42. The maximum absolute atomic E-state index is 12.4. The number of nitrogens with zero attached hydrogens (tertiary/aromatic N) is 1. The lowest BCUT2D eigenvalue weighted by Gasteiger charge is -2.26. The number of aliphatic carboxylic acids is 1. The average Bonchev–Trinajstić information content (AvgIpc) is 2.98. The van der Waals surface area contributed by atoms with Gasteiger partial charge < -0.3 is 29.8 Å². The smallest absolute Gasteiger partial charge is 0.415 e. The Labute approximate surface area is 162 Å². The van der Waals surface area contributed by atoms with Crippen LogP contribution >= 0.6 is 0 Å². The number of hydrogen-bond acceptors (Lipinski definition) is 5. The van der Waals surface area contributed by atoms with Crippen molar-refractivity contribution in [2.75, 3.05) is 32.8 Å². The van der Waals surface area contributed by atoms with Crippen molar-refractivity contribution in [3.05, 3.63) is 35.7 Å². The number of fused-ring (bicyclic) bond motifs is 3. The summed E-state index contributed by atoms with van der Waals surface area (Å²) in [5.41, 5.74) is 2.13. The molecule has 0 bridgehead atoms. The number of hydrogen-bond donors (Lipinski definition) is 3. The quantitative estimate of drug-likeness (QED) is 0.733. The van der Waals surface area contributed by atoms with Crippen LogP contribution in [0.3, 0.4) is 0 Å². The SMILES string of the molecule is CC1(C)CNC=C(C(=O)O)c2[nH]c3ccc(OC(=O)N4CCOCC4)cc3c21. The lowest BCUT2D eigenvalue weighted by molar-refractivity contribution is -0.130. The molecule has 1 fully saturated rings. The highest BCUT2D eigenvalue weighted by molar-refractivity contribution is 6.17. The fraction of sp³-hybridized carbons (Fsp3) is 0.400. The van der Waals surface area contributed by atoms with Gasteiger partial charge in [0.25, 0.3) is 0 Å². The predicted molar refractivity (Wildman–Crippen MR) is 103 cm³/mol. The van der Waals surface area contributed by atoms with Gasteiger partial charge in [0.1, 0.15) is 5.75 Å². The van der Waals surface area contributed by atoms with Crippen LogP contribution in [-0.2, 0) is 14.9 Å². The van der Waals surface area contributed by atoms with Crippen LogP contribution in [0.5, 0.6) is 5.75 Å². The van der Waals surface area contributed by atoms with Crippen molar-refractivity contribution >= 4 is 28.5 Å². The first-order valence-corrected chi connectivity index (χ1v) is 9.25. The molecule has 0 atom stereocenters. The Kier molecular flexibility index (Phi) is 4.50. The zero-order valence-electron chi connectivity index (χ0n) is 15.9. The molecule has 28 heavy (non-hydrogen) atoms. The van der Waals surface area contributed by atoms with Crippen LogP contribution in [0.4, 0.5) is 4.79 Å². The number of ether oxygens (including phenoxy) is 2. The molecular weight excluding hydrogens is 362 g/mol. The Morgan fingerprint density at radius 2 is 2.00 bits per heavy atom. The topological polar surface area (TPSA) is 104 Å². The third kappa shape index (κ3) is 3.20. The van der Waals surface area contributed by atoms with Crippen LogP contribution < -0.4 is 10.1 Å². The van der Waals surface area contributed by atoms with E-state index in [1.165, 1.54) is 6.20 Å².